The fraction of sp³-hybridized carbons (Fsp3) is 0.632. The zero-order chi connectivity index (χ0) is 17.6. The van der Waals surface area contributed by atoms with Crippen molar-refractivity contribution in [2.75, 3.05) is 32.9 Å². The van der Waals surface area contributed by atoms with E-state index in [1.54, 1.807) is 0 Å². The van der Waals surface area contributed by atoms with Crippen LogP contribution in [0.15, 0.2) is 23.2 Å². The van der Waals surface area contributed by atoms with Crippen LogP contribution in [0.3, 0.4) is 0 Å². The number of benzene rings is 1. The summed E-state index contributed by atoms with van der Waals surface area (Å²) in [6, 6.07) is 6.26. The SMILES string of the molecule is CCNC(=NCc1ccc(C)cc1OCC)NCCCCOCC. The Morgan fingerprint density at radius 2 is 1.92 bits per heavy atom. The molecule has 136 valence electrons. The molecule has 0 aliphatic carbocycles. The van der Waals surface area contributed by atoms with E-state index in [-0.39, 0.29) is 0 Å². The third kappa shape index (κ3) is 8.20. The number of guanidine groups is 1. The van der Waals surface area contributed by atoms with Gasteiger partial charge in [-0.15, -0.1) is 0 Å². The van der Waals surface area contributed by atoms with Crippen molar-refractivity contribution in [3.05, 3.63) is 29.3 Å². The van der Waals surface area contributed by atoms with Crippen LogP contribution < -0.4 is 15.4 Å². The third-order valence-electron chi connectivity index (χ3n) is 3.49. The van der Waals surface area contributed by atoms with Crippen LogP contribution in [0.25, 0.3) is 0 Å². The molecule has 0 spiro atoms. The van der Waals surface area contributed by atoms with Gasteiger partial charge in [0.2, 0.25) is 0 Å². The van der Waals surface area contributed by atoms with Crippen LogP contribution in [-0.2, 0) is 11.3 Å². The molecule has 1 rings (SSSR count). The second kappa shape index (κ2) is 12.6. The Kier molecular flexibility index (Phi) is 10.7. The predicted molar refractivity (Wildman–Crippen MR) is 101 cm³/mol. The molecule has 0 radical (unpaired) electrons. The Morgan fingerprint density at radius 3 is 2.62 bits per heavy atom. The first kappa shape index (κ1) is 20.3. The molecule has 0 amide bonds. The van der Waals surface area contributed by atoms with Gasteiger partial charge in [0.25, 0.3) is 0 Å². The Hall–Kier alpha value is -1.75. The molecule has 0 bridgehead atoms. The van der Waals surface area contributed by atoms with Crippen molar-refractivity contribution in [3.63, 3.8) is 0 Å². The van der Waals surface area contributed by atoms with Crippen molar-refractivity contribution in [1.82, 2.24) is 10.6 Å². The summed E-state index contributed by atoms with van der Waals surface area (Å²) in [4.78, 5) is 4.67. The number of nitrogens with zero attached hydrogens (tertiary/aromatic N) is 1. The quantitative estimate of drug-likeness (QED) is 0.370. The summed E-state index contributed by atoms with van der Waals surface area (Å²) in [5.41, 5.74) is 2.31. The first-order valence-corrected chi connectivity index (χ1v) is 9.03. The van der Waals surface area contributed by atoms with E-state index in [1.165, 1.54) is 5.56 Å². The van der Waals surface area contributed by atoms with Crippen molar-refractivity contribution in [2.45, 2.75) is 47.1 Å². The maximum Gasteiger partial charge on any atom is 0.191 e. The van der Waals surface area contributed by atoms with Gasteiger partial charge in [0.05, 0.1) is 13.2 Å². The molecule has 24 heavy (non-hydrogen) atoms. The van der Waals surface area contributed by atoms with Crippen molar-refractivity contribution in [2.24, 2.45) is 4.99 Å². The van der Waals surface area contributed by atoms with E-state index in [4.69, 9.17) is 9.47 Å². The molecular formula is C19H33N3O2. The third-order valence-corrected chi connectivity index (χ3v) is 3.49. The van der Waals surface area contributed by atoms with Crippen LogP contribution in [0.4, 0.5) is 0 Å². The van der Waals surface area contributed by atoms with Crippen molar-refractivity contribution < 1.29 is 9.47 Å². The minimum Gasteiger partial charge on any atom is -0.494 e. The first-order chi connectivity index (χ1) is 11.7. The maximum atomic E-state index is 5.72. The van der Waals surface area contributed by atoms with E-state index in [9.17, 15) is 0 Å². The minimum absolute atomic E-state index is 0.601. The summed E-state index contributed by atoms with van der Waals surface area (Å²) in [5.74, 6) is 1.77. The van der Waals surface area contributed by atoms with Crippen LogP contribution in [0.5, 0.6) is 5.75 Å². The summed E-state index contributed by atoms with van der Waals surface area (Å²) in [6.07, 6.45) is 2.13. The Balaban J connectivity index is 2.55. The van der Waals surface area contributed by atoms with Gasteiger partial charge in [-0.25, -0.2) is 4.99 Å². The lowest BCUT2D eigenvalue weighted by molar-refractivity contribution is 0.143. The van der Waals surface area contributed by atoms with Crippen LogP contribution in [0.2, 0.25) is 0 Å². The van der Waals surface area contributed by atoms with E-state index in [1.807, 2.05) is 13.8 Å². The number of ether oxygens (including phenoxy) is 2. The van der Waals surface area contributed by atoms with Gasteiger partial charge in [0, 0.05) is 31.9 Å². The fourth-order valence-electron chi connectivity index (χ4n) is 2.27. The van der Waals surface area contributed by atoms with Gasteiger partial charge in [-0.1, -0.05) is 12.1 Å². The molecule has 1 aromatic rings. The van der Waals surface area contributed by atoms with Gasteiger partial charge in [0.15, 0.2) is 5.96 Å². The highest BCUT2D eigenvalue weighted by atomic mass is 16.5. The summed E-state index contributed by atoms with van der Waals surface area (Å²) in [5, 5.41) is 6.66. The number of aliphatic imine (C=N–C) groups is 1. The highest BCUT2D eigenvalue weighted by Crippen LogP contribution is 2.21. The lowest BCUT2D eigenvalue weighted by Gasteiger charge is -2.13. The largest absolute Gasteiger partial charge is 0.494 e. The van der Waals surface area contributed by atoms with Crippen molar-refractivity contribution >= 4 is 5.96 Å². The molecule has 0 atom stereocenters. The van der Waals surface area contributed by atoms with Gasteiger partial charge in [-0.05, 0) is 52.2 Å². The summed E-state index contributed by atoms with van der Waals surface area (Å²) in [6.45, 7) is 12.8. The molecular weight excluding hydrogens is 302 g/mol. The molecule has 0 aliphatic rings. The second-order valence-electron chi connectivity index (χ2n) is 5.57. The number of hydrogen-bond acceptors (Lipinski definition) is 3. The van der Waals surface area contributed by atoms with E-state index in [2.05, 4.69) is 47.7 Å². The average Bonchev–Trinajstić information content (AvgIpc) is 2.57. The zero-order valence-electron chi connectivity index (χ0n) is 15.7. The summed E-state index contributed by atoms with van der Waals surface area (Å²) < 4.78 is 11.1. The van der Waals surface area contributed by atoms with Gasteiger partial charge in [-0.3, -0.25) is 0 Å². The molecule has 5 nitrogen and oxygen atoms in total. The van der Waals surface area contributed by atoms with E-state index in [0.29, 0.717) is 13.2 Å². The van der Waals surface area contributed by atoms with Crippen molar-refractivity contribution in [1.29, 1.82) is 0 Å². The highest BCUT2D eigenvalue weighted by Gasteiger charge is 2.04. The molecule has 0 aromatic heterocycles. The number of hydrogen-bond donors (Lipinski definition) is 2. The summed E-state index contributed by atoms with van der Waals surface area (Å²) in [7, 11) is 0. The molecule has 0 saturated heterocycles. The minimum atomic E-state index is 0.601. The fourth-order valence-corrected chi connectivity index (χ4v) is 2.27. The Labute approximate surface area is 146 Å². The van der Waals surface area contributed by atoms with Crippen LogP contribution >= 0.6 is 0 Å². The van der Waals surface area contributed by atoms with Crippen LogP contribution in [-0.4, -0.2) is 38.9 Å². The molecule has 2 N–H and O–H groups in total. The zero-order valence-corrected chi connectivity index (χ0v) is 15.7. The van der Waals surface area contributed by atoms with Gasteiger partial charge in [-0.2, -0.15) is 0 Å². The number of unbranched alkanes of at least 4 members (excludes halogenated alkanes) is 1. The van der Waals surface area contributed by atoms with E-state index in [0.717, 1.165) is 56.4 Å². The molecule has 0 aliphatic heterocycles. The molecule has 0 saturated carbocycles. The van der Waals surface area contributed by atoms with Gasteiger partial charge >= 0.3 is 0 Å². The topological polar surface area (TPSA) is 54.9 Å². The first-order valence-electron chi connectivity index (χ1n) is 9.03. The second-order valence-corrected chi connectivity index (χ2v) is 5.57. The lowest BCUT2D eigenvalue weighted by Crippen LogP contribution is -2.37. The Morgan fingerprint density at radius 1 is 1.08 bits per heavy atom. The summed E-state index contributed by atoms with van der Waals surface area (Å²) >= 11 is 0. The van der Waals surface area contributed by atoms with E-state index >= 15 is 0 Å². The monoisotopic (exact) mass is 335 g/mol. The number of aryl methyl sites for hydroxylation is 1. The molecule has 0 unspecified atom stereocenters. The van der Waals surface area contributed by atoms with Crippen LogP contribution in [0, 0.1) is 6.92 Å². The van der Waals surface area contributed by atoms with E-state index < -0.39 is 0 Å². The predicted octanol–water partition coefficient (Wildman–Crippen LogP) is 3.27. The standard InChI is InChI=1S/C19H33N3O2/c1-5-20-19(21-12-8-9-13-23-6-2)22-15-17-11-10-16(4)14-18(17)24-7-3/h10-11,14H,5-9,12-13,15H2,1-4H3,(H2,20,21,22). The van der Waals surface area contributed by atoms with Crippen molar-refractivity contribution in [3.8, 4) is 5.75 Å². The van der Waals surface area contributed by atoms with Gasteiger partial charge in [0.1, 0.15) is 5.75 Å². The normalized spacial score (nSPS) is 11.4. The highest BCUT2D eigenvalue weighted by molar-refractivity contribution is 5.79. The molecule has 1 aromatic carbocycles. The Bertz CT molecular complexity index is 490. The smallest absolute Gasteiger partial charge is 0.191 e. The molecule has 0 heterocycles. The van der Waals surface area contributed by atoms with Crippen LogP contribution in [0.1, 0.15) is 44.7 Å². The van der Waals surface area contributed by atoms with Gasteiger partial charge < -0.3 is 20.1 Å². The number of nitrogens with one attached hydrogen (secondary N) is 2. The lowest BCUT2D eigenvalue weighted by atomic mass is 10.1. The number of rotatable bonds is 11. The molecule has 0 fully saturated rings. The maximum absolute atomic E-state index is 5.72. The average molecular weight is 335 g/mol. The molecule has 5 heteroatoms.